The van der Waals surface area contributed by atoms with Crippen LogP contribution in [0.5, 0.6) is 0 Å². The van der Waals surface area contributed by atoms with Crippen LogP contribution >= 0.6 is 23.2 Å². The molecule has 4 unspecified atom stereocenters. The normalized spacial score (nSPS) is 28.6. The van der Waals surface area contributed by atoms with Gasteiger partial charge in [0.15, 0.2) is 0 Å². The first-order chi connectivity index (χ1) is 13.0. The van der Waals surface area contributed by atoms with E-state index in [4.69, 9.17) is 23.2 Å². The molecule has 1 aromatic rings. The highest BCUT2D eigenvalue weighted by atomic mass is 35.5. The van der Waals surface area contributed by atoms with Crippen molar-refractivity contribution in [3.8, 4) is 0 Å². The van der Waals surface area contributed by atoms with E-state index in [-0.39, 0.29) is 24.5 Å². The number of urea groups is 1. The van der Waals surface area contributed by atoms with Crippen molar-refractivity contribution in [2.75, 3.05) is 25.0 Å². The summed E-state index contributed by atoms with van der Waals surface area (Å²) in [6.45, 7) is 5.28. The number of halogens is 2. The van der Waals surface area contributed by atoms with E-state index < -0.39 is 0 Å². The number of hydrogen-bond donors (Lipinski definition) is 6. The molecule has 2 saturated heterocycles. The third kappa shape index (κ3) is 6.48. The average Bonchev–Trinajstić information content (AvgIpc) is 2.63. The predicted octanol–water partition coefficient (Wildman–Crippen LogP) is 2.29. The number of carbonyl (C=O) groups is 1. The molecule has 0 bridgehead atoms. The van der Waals surface area contributed by atoms with Crippen molar-refractivity contribution in [3.05, 3.63) is 28.2 Å². The number of rotatable bonds is 5. The van der Waals surface area contributed by atoms with Crippen molar-refractivity contribution in [1.82, 2.24) is 26.6 Å². The zero-order chi connectivity index (χ0) is 19.2. The van der Waals surface area contributed by atoms with Gasteiger partial charge in [0, 0.05) is 18.3 Å². The standard InChI is InChI=1S/C18H28Cl2N6O/c1-11-7-16(22-10-12-3-2-6-21-9-12)25-17(23-11)26-18(27)24-13-4-5-14(19)15(20)8-13/h4-5,8,11-12,16-17,21-23,25H,2-3,6-7,9-10H2,1H3,(H2,24,26,27). The quantitative estimate of drug-likeness (QED) is 0.444. The number of carbonyl (C=O) groups excluding carboxylic acids is 1. The fraction of sp³-hybridized carbons (Fsp3) is 0.611. The predicted molar refractivity (Wildman–Crippen MR) is 110 cm³/mol. The fourth-order valence-corrected chi connectivity index (χ4v) is 3.83. The lowest BCUT2D eigenvalue weighted by atomic mass is 9.99. The third-order valence-corrected chi connectivity index (χ3v) is 5.65. The summed E-state index contributed by atoms with van der Waals surface area (Å²) in [4.78, 5) is 12.3. The summed E-state index contributed by atoms with van der Waals surface area (Å²) in [5.74, 6) is 0.662. The maximum Gasteiger partial charge on any atom is 0.321 e. The molecule has 27 heavy (non-hydrogen) atoms. The molecule has 2 aliphatic heterocycles. The molecular weight excluding hydrogens is 387 g/mol. The Balaban J connectivity index is 1.46. The number of piperidine rings is 1. The van der Waals surface area contributed by atoms with Crippen molar-refractivity contribution in [3.63, 3.8) is 0 Å². The first kappa shape index (κ1) is 20.6. The largest absolute Gasteiger partial charge is 0.321 e. The van der Waals surface area contributed by atoms with E-state index in [1.165, 1.54) is 12.8 Å². The number of anilines is 1. The summed E-state index contributed by atoms with van der Waals surface area (Å²) in [5.41, 5.74) is 0.588. The van der Waals surface area contributed by atoms with Gasteiger partial charge in [-0.25, -0.2) is 4.79 Å². The van der Waals surface area contributed by atoms with Crippen molar-refractivity contribution >= 4 is 34.9 Å². The number of hydrogen-bond acceptors (Lipinski definition) is 5. The zero-order valence-corrected chi connectivity index (χ0v) is 17.0. The molecule has 2 heterocycles. The van der Waals surface area contributed by atoms with Crippen molar-refractivity contribution in [2.45, 2.75) is 44.7 Å². The van der Waals surface area contributed by atoms with Crippen LogP contribution in [0.15, 0.2) is 18.2 Å². The van der Waals surface area contributed by atoms with E-state index in [2.05, 4.69) is 38.8 Å². The molecule has 0 aliphatic carbocycles. The topological polar surface area (TPSA) is 89.2 Å². The second-order valence-corrected chi connectivity index (χ2v) is 8.12. The van der Waals surface area contributed by atoms with Gasteiger partial charge in [-0.15, -0.1) is 0 Å². The summed E-state index contributed by atoms with van der Waals surface area (Å²) < 4.78 is 0. The van der Waals surface area contributed by atoms with Gasteiger partial charge in [-0.3, -0.25) is 10.6 Å². The van der Waals surface area contributed by atoms with Crippen LogP contribution in [-0.2, 0) is 0 Å². The van der Waals surface area contributed by atoms with E-state index in [9.17, 15) is 4.79 Å². The molecule has 0 aromatic heterocycles. The molecule has 150 valence electrons. The Morgan fingerprint density at radius 2 is 2.11 bits per heavy atom. The molecular formula is C18H28Cl2N6O. The molecule has 7 nitrogen and oxygen atoms in total. The SMILES string of the molecule is CC1CC(NCC2CCCNC2)NC(NC(=O)Nc2ccc(Cl)c(Cl)c2)N1. The maximum atomic E-state index is 12.3. The summed E-state index contributed by atoms with van der Waals surface area (Å²) in [5, 5.41) is 20.3. The lowest BCUT2D eigenvalue weighted by Crippen LogP contribution is -2.68. The van der Waals surface area contributed by atoms with Gasteiger partial charge in [0.05, 0.1) is 16.2 Å². The lowest BCUT2D eigenvalue weighted by molar-refractivity contribution is 0.187. The molecule has 2 fully saturated rings. The summed E-state index contributed by atoms with van der Waals surface area (Å²) >= 11 is 11.9. The molecule has 4 atom stereocenters. The van der Waals surface area contributed by atoms with E-state index in [1.54, 1.807) is 18.2 Å². The highest BCUT2D eigenvalue weighted by Crippen LogP contribution is 2.24. The highest BCUT2D eigenvalue weighted by molar-refractivity contribution is 6.42. The molecule has 1 aromatic carbocycles. The molecule has 0 saturated carbocycles. The Morgan fingerprint density at radius 1 is 1.26 bits per heavy atom. The van der Waals surface area contributed by atoms with Crippen LogP contribution in [0.3, 0.4) is 0 Å². The van der Waals surface area contributed by atoms with E-state index in [1.807, 2.05) is 0 Å². The van der Waals surface area contributed by atoms with Crippen LogP contribution < -0.4 is 31.9 Å². The van der Waals surface area contributed by atoms with Gasteiger partial charge in [-0.1, -0.05) is 23.2 Å². The monoisotopic (exact) mass is 414 g/mol. The Labute approximate surface area is 170 Å². The van der Waals surface area contributed by atoms with Crippen LogP contribution in [0.2, 0.25) is 10.0 Å². The molecule has 2 aliphatic rings. The molecule has 3 rings (SSSR count). The molecule has 0 radical (unpaired) electrons. The Bertz CT molecular complexity index is 640. The second kappa shape index (κ2) is 9.91. The molecule has 2 amide bonds. The van der Waals surface area contributed by atoms with Crippen molar-refractivity contribution in [2.24, 2.45) is 5.92 Å². The van der Waals surface area contributed by atoms with E-state index in [0.29, 0.717) is 21.7 Å². The Hall–Kier alpha value is -1.09. The van der Waals surface area contributed by atoms with E-state index >= 15 is 0 Å². The number of nitrogens with one attached hydrogen (secondary N) is 6. The van der Waals surface area contributed by atoms with Crippen LogP contribution in [0.25, 0.3) is 0 Å². The highest BCUT2D eigenvalue weighted by Gasteiger charge is 2.26. The minimum atomic E-state index is -0.321. The first-order valence-electron chi connectivity index (χ1n) is 9.48. The number of amides is 2. The van der Waals surface area contributed by atoms with Gasteiger partial charge < -0.3 is 21.3 Å². The minimum absolute atomic E-state index is 0.151. The smallest absolute Gasteiger partial charge is 0.316 e. The van der Waals surface area contributed by atoms with Gasteiger partial charge in [0.25, 0.3) is 0 Å². The minimum Gasteiger partial charge on any atom is -0.316 e. The summed E-state index contributed by atoms with van der Waals surface area (Å²) in [6.07, 6.45) is 3.28. The van der Waals surface area contributed by atoms with Crippen LogP contribution in [0, 0.1) is 5.92 Å². The van der Waals surface area contributed by atoms with Gasteiger partial charge in [0.2, 0.25) is 0 Å². The van der Waals surface area contributed by atoms with Gasteiger partial charge >= 0.3 is 6.03 Å². The van der Waals surface area contributed by atoms with Gasteiger partial charge in [-0.05, 0) is 63.4 Å². The summed E-state index contributed by atoms with van der Waals surface area (Å²) in [7, 11) is 0. The molecule has 6 N–H and O–H groups in total. The fourth-order valence-electron chi connectivity index (χ4n) is 3.53. The zero-order valence-electron chi connectivity index (χ0n) is 15.4. The Kier molecular flexibility index (Phi) is 7.57. The van der Waals surface area contributed by atoms with E-state index in [0.717, 1.165) is 26.1 Å². The second-order valence-electron chi connectivity index (χ2n) is 7.30. The lowest BCUT2D eigenvalue weighted by Gasteiger charge is -2.37. The Morgan fingerprint density at radius 3 is 2.85 bits per heavy atom. The van der Waals surface area contributed by atoms with Crippen molar-refractivity contribution < 1.29 is 4.79 Å². The van der Waals surface area contributed by atoms with Gasteiger partial charge in [-0.2, -0.15) is 0 Å². The van der Waals surface area contributed by atoms with Crippen molar-refractivity contribution in [1.29, 1.82) is 0 Å². The van der Waals surface area contributed by atoms with Crippen LogP contribution in [0.1, 0.15) is 26.2 Å². The molecule has 9 heteroatoms. The summed E-state index contributed by atoms with van der Waals surface area (Å²) in [6, 6.07) is 4.95. The van der Waals surface area contributed by atoms with Crippen LogP contribution in [-0.4, -0.2) is 44.2 Å². The number of benzene rings is 1. The molecule has 0 spiro atoms. The average molecular weight is 415 g/mol. The first-order valence-corrected chi connectivity index (χ1v) is 10.2. The maximum absolute atomic E-state index is 12.3. The van der Waals surface area contributed by atoms with Crippen LogP contribution in [0.4, 0.5) is 10.5 Å². The van der Waals surface area contributed by atoms with Gasteiger partial charge in [0.1, 0.15) is 6.29 Å². The third-order valence-electron chi connectivity index (χ3n) is 4.91.